The highest BCUT2D eigenvalue weighted by Crippen LogP contribution is 2.29. The summed E-state index contributed by atoms with van der Waals surface area (Å²) in [5, 5.41) is 3.48. The first-order chi connectivity index (χ1) is 6.38. The van der Waals surface area contributed by atoms with E-state index < -0.39 is 0 Å². The van der Waals surface area contributed by atoms with Crippen molar-refractivity contribution in [2.75, 3.05) is 13.1 Å². The van der Waals surface area contributed by atoms with Gasteiger partial charge in [-0.1, -0.05) is 6.42 Å². The normalized spacial score (nSPS) is 18.6. The summed E-state index contributed by atoms with van der Waals surface area (Å²) in [6.07, 6.45) is 5.04. The molecule has 3 N–H and O–H groups in total. The summed E-state index contributed by atoms with van der Waals surface area (Å²) in [5.41, 5.74) is 5.70. The van der Waals surface area contributed by atoms with Gasteiger partial charge < -0.3 is 11.1 Å². The van der Waals surface area contributed by atoms with Gasteiger partial charge in [0.1, 0.15) is 0 Å². The van der Waals surface area contributed by atoms with Gasteiger partial charge in [-0.15, -0.1) is 11.8 Å². The van der Waals surface area contributed by atoms with Crippen LogP contribution in [0.1, 0.15) is 32.6 Å². The minimum Gasteiger partial charge on any atom is -0.329 e. The Morgan fingerprint density at radius 3 is 2.77 bits per heavy atom. The molecular weight excluding hydrogens is 160 g/mol. The van der Waals surface area contributed by atoms with Gasteiger partial charge in [0.15, 0.2) is 0 Å². The maximum atomic E-state index is 5.70. The van der Waals surface area contributed by atoms with Crippen LogP contribution in [0.3, 0.4) is 0 Å². The predicted molar refractivity (Wildman–Crippen MR) is 56.3 cm³/mol. The summed E-state index contributed by atoms with van der Waals surface area (Å²) < 4.78 is 0. The maximum Gasteiger partial charge on any atom is 0.0218 e. The molecule has 0 aromatic carbocycles. The Bertz CT molecular complexity index is 186. The van der Waals surface area contributed by atoms with Crippen LogP contribution in [0.5, 0.6) is 0 Å². The molecule has 2 nitrogen and oxygen atoms in total. The molecule has 0 heterocycles. The Kier molecular flexibility index (Phi) is 4.88. The molecular formula is C11H20N2. The zero-order valence-electron chi connectivity index (χ0n) is 8.47. The molecule has 0 saturated heterocycles. The fourth-order valence-corrected chi connectivity index (χ4v) is 1.73. The van der Waals surface area contributed by atoms with Gasteiger partial charge in [0.05, 0.1) is 0 Å². The summed E-state index contributed by atoms with van der Waals surface area (Å²) in [7, 11) is 0. The van der Waals surface area contributed by atoms with E-state index in [1.54, 1.807) is 0 Å². The maximum absolute atomic E-state index is 5.70. The average molecular weight is 180 g/mol. The van der Waals surface area contributed by atoms with E-state index in [1.165, 1.54) is 19.3 Å². The Balaban J connectivity index is 2.10. The molecule has 0 aliphatic heterocycles. The third kappa shape index (κ3) is 3.38. The monoisotopic (exact) mass is 180 g/mol. The first-order valence-corrected chi connectivity index (χ1v) is 5.21. The largest absolute Gasteiger partial charge is 0.329 e. The molecule has 0 radical (unpaired) electrons. The van der Waals surface area contributed by atoms with Crippen molar-refractivity contribution in [3.05, 3.63) is 0 Å². The van der Waals surface area contributed by atoms with Crippen molar-refractivity contribution in [2.45, 2.75) is 38.6 Å². The van der Waals surface area contributed by atoms with E-state index in [-0.39, 0.29) is 0 Å². The van der Waals surface area contributed by atoms with Crippen LogP contribution in [0.4, 0.5) is 0 Å². The van der Waals surface area contributed by atoms with Gasteiger partial charge in [0, 0.05) is 25.6 Å². The first-order valence-electron chi connectivity index (χ1n) is 5.21. The molecule has 74 valence electrons. The van der Waals surface area contributed by atoms with Crippen LogP contribution in [-0.4, -0.2) is 19.1 Å². The zero-order valence-corrected chi connectivity index (χ0v) is 8.47. The zero-order chi connectivity index (χ0) is 9.52. The van der Waals surface area contributed by atoms with E-state index >= 15 is 0 Å². The minimum atomic E-state index is 0.535. The minimum absolute atomic E-state index is 0.535. The lowest BCUT2D eigenvalue weighted by Gasteiger charge is -2.33. The fourth-order valence-electron chi connectivity index (χ4n) is 1.73. The number of nitrogens with two attached hydrogens (primary N) is 1. The SMILES string of the molecule is CC#CCCNC(CN)C1CCC1. The van der Waals surface area contributed by atoms with Crippen molar-refractivity contribution >= 4 is 0 Å². The summed E-state index contributed by atoms with van der Waals surface area (Å²) in [5.74, 6) is 6.78. The lowest BCUT2D eigenvalue weighted by Crippen LogP contribution is -2.45. The number of hydrogen-bond acceptors (Lipinski definition) is 2. The van der Waals surface area contributed by atoms with E-state index in [1.807, 2.05) is 6.92 Å². The van der Waals surface area contributed by atoms with Crippen LogP contribution in [-0.2, 0) is 0 Å². The molecule has 1 saturated carbocycles. The second-order valence-corrected chi connectivity index (χ2v) is 3.66. The van der Waals surface area contributed by atoms with Crippen LogP contribution < -0.4 is 11.1 Å². The molecule has 1 atom stereocenters. The van der Waals surface area contributed by atoms with Crippen molar-refractivity contribution in [3.63, 3.8) is 0 Å². The average Bonchev–Trinajstić information content (AvgIpc) is 2.07. The third-order valence-electron chi connectivity index (χ3n) is 2.81. The summed E-state index contributed by atoms with van der Waals surface area (Å²) in [4.78, 5) is 0. The second kappa shape index (κ2) is 6.01. The van der Waals surface area contributed by atoms with Gasteiger partial charge in [-0.25, -0.2) is 0 Å². The molecule has 1 aliphatic carbocycles. The second-order valence-electron chi connectivity index (χ2n) is 3.66. The van der Waals surface area contributed by atoms with Gasteiger partial charge in [0.2, 0.25) is 0 Å². The summed E-state index contributed by atoms with van der Waals surface area (Å²) in [6, 6.07) is 0.535. The van der Waals surface area contributed by atoms with Gasteiger partial charge >= 0.3 is 0 Å². The smallest absolute Gasteiger partial charge is 0.0218 e. The van der Waals surface area contributed by atoms with Crippen molar-refractivity contribution in [2.24, 2.45) is 11.7 Å². The van der Waals surface area contributed by atoms with Gasteiger partial charge in [-0.2, -0.15) is 0 Å². The highest BCUT2D eigenvalue weighted by Gasteiger charge is 2.25. The van der Waals surface area contributed by atoms with Gasteiger partial charge in [0.25, 0.3) is 0 Å². The fraction of sp³-hybridized carbons (Fsp3) is 0.818. The Labute approximate surface area is 81.3 Å². The topological polar surface area (TPSA) is 38.0 Å². The van der Waals surface area contributed by atoms with E-state index in [4.69, 9.17) is 5.73 Å². The molecule has 0 spiro atoms. The molecule has 0 bridgehead atoms. The predicted octanol–water partition coefficient (Wildman–Crippen LogP) is 1.12. The van der Waals surface area contributed by atoms with Crippen LogP contribution in [0.15, 0.2) is 0 Å². The first kappa shape index (κ1) is 10.6. The van der Waals surface area contributed by atoms with E-state index in [2.05, 4.69) is 17.2 Å². The van der Waals surface area contributed by atoms with Crippen molar-refractivity contribution in [3.8, 4) is 11.8 Å². The molecule has 2 heteroatoms. The van der Waals surface area contributed by atoms with Crippen molar-refractivity contribution in [1.82, 2.24) is 5.32 Å². The molecule has 1 unspecified atom stereocenters. The van der Waals surface area contributed by atoms with Crippen LogP contribution in [0, 0.1) is 17.8 Å². The van der Waals surface area contributed by atoms with Gasteiger partial charge in [-0.3, -0.25) is 0 Å². The van der Waals surface area contributed by atoms with Crippen LogP contribution in [0.25, 0.3) is 0 Å². The molecule has 0 aromatic rings. The van der Waals surface area contributed by atoms with Crippen LogP contribution >= 0.6 is 0 Å². The molecule has 0 aromatic heterocycles. The molecule has 0 amide bonds. The van der Waals surface area contributed by atoms with E-state index in [0.717, 1.165) is 25.4 Å². The number of hydrogen-bond donors (Lipinski definition) is 2. The summed E-state index contributed by atoms with van der Waals surface area (Å²) in [6.45, 7) is 3.63. The van der Waals surface area contributed by atoms with Crippen molar-refractivity contribution < 1.29 is 0 Å². The van der Waals surface area contributed by atoms with E-state index in [0.29, 0.717) is 6.04 Å². The Hall–Kier alpha value is -0.520. The summed E-state index contributed by atoms with van der Waals surface area (Å²) >= 11 is 0. The number of nitrogens with one attached hydrogen (secondary N) is 1. The third-order valence-corrected chi connectivity index (χ3v) is 2.81. The molecule has 1 rings (SSSR count). The van der Waals surface area contributed by atoms with Crippen LogP contribution in [0.2, 0.25) is 0 Å². The Morgan fingerprint density at radius 2 is 2.31 bits per heavy atom. The molecule has 13 heavy (non-hydrogen) atoms. The van der Waals surface area contributed by atoms with E-state index in [9.17, 15) is 0 Å². The quantitative estimate of drug-likeness (QED) is 0.491. The lowest BCUT2D eigenvalue weighted by atomic mass is 9.79. The van der Waals surface area contributed by atoms with Gasteiger partial charge in [-0.05, 0) is 25.7 Å². The lowest BCUT2D eigenvalue weighted by molar-refractivity contribution is 0.234. The highest BCUT2D eigenvalue weighted by atomic mass is 14.9. The highest BCUT2D eigenvalue weighted by molar-refractivity contribution is 4.95. The Morgan fingerprint density at radius 1 is 1.54 bits per heavy atom. The van der Waals surface area contributed by atoms with Crippen molar-refractivity contribution in [1.29, 1.82) is 0 Å². The molecule has 1 fully saturated rings. The standard InChI is InChI=1S/C11H20N2/c1-2-3-4-8-13-11(9-12)10-6-5-7-10/h10-11,13H,4-9,12H2,1H3. The number of rotatable bonds is 5. The molecule has 1 aliphatic rings.